The second kappa shape index (κ2) is 3.69. The van der Waals surface area contributed by atoms with Crippen molar-refractivity contribution in [2.45, 2.75) is 0 Å². The quantitative estimate of drug-likeness (QED) is 0.644. The average molecular weight is 246 g/mol. The van der Waals surface area contributed by atoms with Gasteiger partial charge in [-0.3, -0.25) is 0 Å². The van der Waals surface area contributed by atoms with Gasteiger partial charge in [0.25, 0.3) is 0 Å². The summed E-state index contributed by atoms with van der Waals surface area (Å²) in [5, 5.41) is 9.59. The van der Waals surface area contributed by atoms with Crippen molar-refractivity contribution in [3.63, 3.8) is 0 Å². The molecule has 3 rings (SSSR count). The SMILES string of the molecule is O=c1oc2cc(O)c(F)cc2cc1-c1cnc[nH]1. The molecule has 3 aromatic rings. The zero-order valence-corrected chi connectivity index (χ0v) is 8.98. The van der Waals surface area contributed by atoms with Crippen LogP contribution in [-0.4, -0.2) is 15.1 Å². The largest absolute Gasteiger partial charge is 0.505 e. The minimum Gasteiger partial charge on any atom is -0.505 e. The molecule has 0 atom stereocenters. The zero-order valence-electron chi connectivity index (χ0n) is 8.98. The number of aromatic nitrogens is 2. The number of imidazole rings is 1. The number of benzene rings is 1. The molecule has 18 heavy (non-hydrogen) atoms. The van der Waals surface area contributed by atoms with Crippen molar-refractivity contribution >= 4 is 11.0 Å². The molecule has 0 aliphatic rings. The van der Waals surface area contributed by atoms with E-state index in [1.165, 1.54) is 18.6 Å². The van der Waals surface area contributed by atoms with Crippen LogP contribution >= 0.6 is 0 Å². The fourth-order valence-electron chi connectivity index (χ4n) is 1.72. The predicted molar refractivity (Wildman–Crippen MR) is 61.7 cm³/mol. The molecule has 0 bridgehead atoms. The molecule has 0 unspecified atom stereocenters. The summed E-state index contributed by atoms with van der Waals surface area (Å²) >= 11 is 0. The molecular weight excluding hydrogens is 239 g/mol. The maximum absolute atomic E-state index is 13.2. The van der Waals surface area contributed by atoms with Gasteiger partial charge in [0.05, 0.1) is 23.8 Å². The lowest BCUT2D eigenvalue weighted by Gasteiger charge is -2.01. The zero-order chi connectivity index (χ0) is 12.7. The van der Waals surface area contributed by atoms with Crippen molar-refractivity contribution < 1.29 is 13.9 Å². The molecule has 0 radical (unpaired) electrons. The van der Waals surface area contributed by atoms with Gasteiger partial charge in [-0.1, -0.05) is 0 Å². The second-order valence-electron chi connectivity index (χ2n) is 3.75. The Labute approximate surface area is 99.5 Å². The number of aromatic hydroxyl groups is 1. The summed E-state index contributed by atoms with van der Waals surface area (Å²) in [6, 6.07) is 3.66. The number of fused-ring (bicyclic) bond motifs is 1. The van der Waals surface area contributed by atoms with Crippen molar-refractivity contribution in [2.24, 2.45) is 0 Å². The Morgan fingerprint density at radius 1 is 1.33 bits per heavy atom. The van der Waals surface area contributed by atoms with E-state index in [2.05, 4.69) is 9.97 Å². The third-order valence-corrected chi connectivity index (χ3v) is 2.59. The topological polar surface area (TPSA) is 79.1 Å². The van der Waals surface area contributed by atoms with Crippen LogP contribution in [0.25, 0.3) is 22.2 Å². The third kappa shape index (κ3) is 1.55. The number of nitrogens with one attached hydrogen (secondary N) is 1. The maximum atomic E-state index is 13.2. The summed E-state index contributed by atoms with van der Waals surface area (Å²) in [5.74, 6) is -1.33. The molecule has 2 N–H and O–H groups in total. The first-order chi connectivity index (χ1) is 8.65. The number of halogens is 1. The number of rotatable bonds is 1. The maximum Gasteiger partial charge on any atom is 0.345 e. The van der Waals surface area contributed by atoms with E-state index in [1.54, 1.807) is 0 Å². The number of phenols is 1. The molecule has 0 fully saturated rings. The highest BCUT2D eigenvalue weighted by Crippen LogP contribution is 2.25. The Balaban J connectivity index is 2.33. The highest BCUT2D eigenvalue weighted by atomic mass is 19.1. The van der Waals surface area contributed by atoms with Gasteiger partial charge in [0.15, 0.2) is 11.6 Å². The van der Waals surface area contributed by atoms with Gasteiger partial charge in [-0.25, -0.2) is 14.2 Å². The molecule has 0 amide bonds. The molecule has 1 aromatic carbocycles. The Bertz CT molecular complexity index is 778. The number of hydrogen-bond donors (Lipinski definition) is 2. The van der Waals surface area contributed by atoms with Crippen LogP contribution in [0.4, 0.5) is 4.39 Å². The van der Waals surface area contributed by atoms with E-state index in [0.717, 1.165) is 12.1 Å². The van der Waals surface area contributed by atoms with Crippen LogP contribution in [0.1, 0.15) is 0 Å². The minimum absolute atomic E-state index is 0.127. The Kier molecular flexibility index (Phi) is 2.16. The average Bonchev–Trinajstić information content (AvgIpc) is 2.84. The highest BCUT2D eigenvalue weighted by molar-refractivity contribution is 5.82. The Morgan fingerprint density at radius 3 is 2.89 bits per heavy atom. The summed E-state index contributed by atoms with van der Waals surface area (Å²) < 4.78 is 18.3. The van der Waals surface area contributed by atoms with Gasteiger partial charge < -0.3 is 14.5 Å². The van der Waals surface area contributed by atoms with Gasteiger partial charge in [-0.05, 0) is 12.1 Å². The van der Waals surface area contributed by atoms with Crippen LogP contribution in [0, 0.1) is 5.82 Å². The minimum atomic E-state index is -0.771. The van der Waals surface area contributed by atoms with E-state index in [1.807, 2.05) is 0 Å². The lowest BCUT2D eigenvalue weighted by atomic mass is 10.1. The Morgan fingerprint density at radius 2 is 2.17 bits per heavy atom. The lowest BCUT2D eigenvalue weighted by molar-refractivity contribution is 0.431. The smallest absolute Gasteiger partial charge is 0.345 e. The number of phenolic OH excluding ortho intramolecular Hbond substituents is 1. The van der Waals surface area contributed by atoms with Crippen LogP contribution in [0.3, 0.4) is 0 Å². The standard InChI is InChI=1S/C12H7FN2O3/c13-8-2-6-1-7(9-4-14-5-15-9)12(17)18-11(6)3-10(8)16/h1-5,16H,(H,14,15). The second-order valence-corrected chi connectivity index (χ2v) is 3.75. The van der Waals surface area contributed by atoms with Gasteiger partial charge in [0.1, 0.15) is 5.58 Å². The van der Waals surface area contributed by atoms with Gasteiger partial charge in [-0.2, -0.15) is 0 Å². The van der Waals surface area contributed by atoms with E-state index in [0.29, 0.717) is 11.1 Å². The lowest BCUT2D eigenvalue weighted by Crippen LogP contribution is -2.02. The fourth-order valence-corrected chi connectivity index (χ4v) is 1.72. The van der Waals surface area contributed by atoms with Crippen molar-refractivity contribution in [1.82, 2.24) is 9.97 Å². The van der Waals surface area contributed by atoms with Crippen LogP contribution in [0.2, 0.25) is 0 Å². The molecule has 2 heterocycles. The summed E-state index contributed by atoms with van der Waals surface area (Å²) in [5.41, 5.74) is 0.282. The third-order valence-electron chi connectivity index (χ3n) is 2.59. The molecule has 0 saturated heterocycles. The monoisotopic (exact) mass is 246 g/mol. The molecule has 0 aliphatic carbocycles. The van der Waals surface area contributed by atoms with E-state index >= 15 is 0 Å². The van der Waals surface area contributed by atoms with Crippen LogP contribution in [0.5, 0.6) is 5.75 Å². The molecular formula is C12H7FN2O3. The van der Waals surface area contributed by atoms with Crippen LogP contribution in [0.15, 0.2) is 39.9 Å². The summed E-state index contributed by atoms with van der Waals surface area (Å²) in [4.78, 5) is 18.3. The number of hydrogen-bond acceptors (Lipinski definition) is 4. The number of H-pyrrole nitrogens is 1. The van der Waals surface area contributed by atoms with Crippen molar-refractivity contribution in [1.29, 1.82) is 0 Å². The van der Waals surface area contributed by atoms with Crippen molar-refractivity contribution in [2.75, 3.05) is 0 Å². The van der Waals surface area contributed by atoms with E-state index in [9.17, 15) is 14.3 Å². The molecule has 6 heteroatoms. The van der Waals surface area contributed by atoms with Gasteiger partial charge in [-0.15, -0.1) is 0 Å². The van der Waals surface area contributed by atoms with Gasteiger partial charge in [0.2, 0.25) is 0 Å². The first-order valence-corrected chi connectivity index (χ1v) is 5.10. The van der Waals surface area contributed by atoms with Crippen molar-refractivity contribution in [3.8, 4) is 17.0 Å². The van der Waals surface area contributed by atoms with E-state index in [4.69, 9.17) is 4.42 Å². The van der Waals surface area contributed by atoms with E-state index < -0.39 is 17.2 Å². The summed E-state index contributed by atoms with van der Waals surface area (Å²) in [6.07, 6.45) is 2.89. The molecule has 0 aliphatic heterocycles. The first kappa shape index (κ1) is 10.5. The number of nitrogens with zero attached hydrogens (tertiary/aromatic N) is 1. The molecule has 5 nitrogen and oxygen atoms in total. The summed E-state index contributed by atoms with van der Waals surface area (Å²) in [7, 11) is 0. The van der Waals surface area contributed by atoms with Gasteiger partial charge in [0, 0.05) is 11.5 Å². The molecule has 0 spiro atoms. The highest BCUT2D eigenvalue weighted by Gasteiger charge is 2.11. The Hall–Kier alpha value is -2.63. The van der Waals surface area contributed by atoms with Crippen LogP contribution in [-0.2, 0) is 0 Å². The summed E-state index contributed by atoms with van der Waals surface area (Å²) in [6.45, 7) is 0. The predicted octanol–water partition coefficient (Wildman–Crippen LogP) is 2.03. The molecule has 2 aromatic heterocycles. The number of aromatic amines is 1. The van der Waals surface area contributed by atoms with Crippen LogP contribution < -0.4 is 5.63 Å². The first-order valence-electron chi connectivity index (χ1n) is 5.10. The normalized spacial score (nSPS) is 10.9. The molecule has 0 saturated carbocycles. The van der Waals surface area contributed by atoms with Gasteiger partial charge >= 0.3 is 5.63 Å². The van der Waals surface area contributed by atoms with Crippen molar-refractivity contribution in [3.05, 3.63) is 47.0 Å². The molecule has 90 valence electrons. The van der Waals surface area contributed by atoms with E-state index in [-0.39, 0.29) is 11.1 Å². The fraction of sp³-hybridized carbons (Fsp3) is 0.